The van der Waals surface area contributed by atoms with Crippen molar-refractivity contribution >= 4 is 17.3 Å². The van der Waals surface area contributed by atoms with Gasteiger partial charge in [0.2, 0.25) is 5.91 Å². The van der Waals surface area contributed by atoms with Crippen LogP contribution in [-0.4, -0.2) is 10.5 Å². The molecule has 0 saturated heterocycles. The Kier molecular flexibility index (Phi) is 4.77. The van der Waals surface area contributed by atoms with Gasteiger partial charge in [-0.15, -0.1) is 0 Å². The van der Waals surface area contributed by atoms with E-state index in [-0.39, 0.29) is 11.5 Å². The van der Waals surface area contributed by atoms with Gasteiger partial charge in [-0.1, -0.05) is 18.2 Å². The van der Waals surface area contributed by atoms with Crippen LogP contribution in [-0.2, 0) is 11.3 Å². The predicted octanol–water partition coefficient (Wildman–Crippen LogP) is 2.16. The molecule has 1 heterocycles. The van der Waals surface area contributed by atoms with E-state index in [1.54, 1.807) is 35.0 Å². The summed E-state index contributed by atoms with van der Waals surface area (Å²) >= 11 is 0. The van der Waals surface area contributed by atoms with E-state index < -0.39 is 0 Å². The number of carbonyl (C=O) groups is 1. The third-order valence-electron chi connectivity index (χ3n) is 3.17. The first-order chi connectivity index (χ1) is 10.1. The second-order valence-electron chi connectivity index (χ2n) is 4.98. The second-order valence-corrected chi connectivity index (χ2v) is 4.98. The minimum Gasteiger partial charge on any atom is -0.397 e. The number of benzene rings is 1. The summed E-state index contributed by atoms with van der Waals surface area (Å²) in [6.07, 6.45) is 2.74. The van der Waals surface area contributed by atoms with Crippen molar-refractivity contribution in [3.05, 3.63) is 58.5 Å². The molecule has 0 aliphatic heterocycles. The molecule has 2 aromatic rings. The van der Waals surface area contributed by atoms with E-state index in [1.807, 2.05) is 19.1 Å². The van der Waals surface area contributed by atoms with Crippen LogP contribution >= 0.6 is 0 Å². The number of hydrogen-bond acceptors (Lipinski definition) is 3. The molecule has 21 heavy (non-hydrogen) atoms. The maximum Gasteiger partial charge on any atom is 0.250 e. The molecule has 0 fully saturated rings. The van der Waals surface area contributed by atoms with Gasteiger partial charge in [-0.3, -0.25) is 9.59 Å². The number of amides is 1. The van der Waals surface area contributed by atoms with E-state index in [0.29, 0.717) is 30.8 Å². The first kappa shape index (κ1) is 14.8. The van der Waals surface area contributed by atoms with Gasteiger partial charge >= 0.3 is 0 Å². The molecule has 0 aliphatic carbocycles. The number of nitrogens with one attached hydrogen (secondary N) is 1. The maximum atomic E-state index is 11.9. The number of aromatic nitrogens is 1. The lowest BCUT2D eigenvalue weighted by Gasteiger charge is -2.09. The van der Waals surface area contributed by atoms with Crippen molar-refractivity contribution in [2.45, 2.75) is 26.3 Å². The lowest BCUT2D eigenvalue weighted by Crippen LogP contribution is -2.20. The predicted molar refractivity (Wildman–Crippen MR) is 84.2 cm³/mol. The Morgan fingerprint density at radius 3 is 2.76 bits per heavy atom. The Balaban J connectivity index is 1.86. The van der Waals surface area contributed by atoms with E-state index in [9.17, 15) is 9.59 Å². The standard InChI is InChI=1S/C16H19N3O2/c1-12-8-9-16(21)19(11-12)10-4-7-15(20)18-14-6-3-2-5-13(14)17/h2-3,5-6,8-9,11H,4,7,10,17H2,1H3,(H,18,20). The van der Waals surface area contributed by atoms with Crippen LogP contribution in [0.15, 0.2) is 47.4 Å². The fourth-order valence-electron chi connectivity index (χ4n) is 2.06. The van der Waals surface area contributed by atoms with E-state index in [1.165, 1.54) is 0 Å². The van der Waals surface area contributed by atoms with Gasteiger partial charge in [-0.2, -0.15) is 0 Å². The lowest BCUT2D eigenvalue weighted by atomic mass is 10.2. The van der Waals surface area contributed by atoms with E-state index >= 15 is 0 Å². The number of rotatable bonds is 5. The molecule has 5 heteroatoms. The van der Waals surface area contributed by atoms with Gasteiger partial charge in [0.15, 0.2) is 0 Å². The van der Waals surface area contributed by atoms with Gasteiger partial charge in [0.05, 0.1) is 11.4 Å². The van der Waals surface area contributed by atoms with Gasteiger partial charge < -0.3 is 15.6 Å². The first-order valence-corrected chi connectivity index (χ1v) is 6.88. The van der Waals surface area contributed by atoms with Gasteiger partial charge in [0, 0.05) is 25.2 Å². The number of nitrogen functional groups attached to an aromatic ring is 1. The van der Waals surface area contributed by atoms with E-state index in [2.05, 4.69) is 5.32 Å². The van der Waals surface area contributed by atoms with Crippen molar-refractivity contribution in [2.24, 2.45) is 0 Å². The fraction of sp³-hybridized carbons (Fsp3) is 0.250. The van der Waals surface area contributed by atoms with E-state index in [4.69, 9.17) is 5.73 Å². The third-order valence-corrected chi connectivity index (χ3v) is 3.17. The molecule has 1 amide bonds. The molecule has 2 rings (SSSR count). The maximum absolute atomic E-state index is 11.9. The molecule has 5 nitrogen and oxygen atoms in total. The lowest BCUT2D eigenvalue weighted by molar-refractivity contribution is -0.116. The average molecular weight is 285 g/mol. The molecular weight excluding hydrogens is 266 g/mol. The fourth-order valence-corrected chi connectivity index (χ4v) is 2.06. The molecular formula is C16H19N3O2. The van der Waals surface area contributed by atoms with Gasteiger partial charge in [0.1, 0.15) is 0 Å². The Morgan fingerprint density at radius 1 is 1.24 bits per heavy atom. The summed E-state index contributed by atoms with van der Waals surface area (Å²) < 4.78 is 1.62. The quantitative estimate of drug-likeness (QED) is 0.826. The summed E-state index contributed by atoms with van der Waals surface area (Å²) in [5.74, 6) is -0.103. The molecule has 110 valence electrons. The highest BCUT2D eigenvalue weighted by atomic mass is 16.1. The van der Waals surface area contributed by atoms with Crippen LogP contribution in [0, 0.1) is 6.92 Å². The highest BCUT2D eigenvalue weighted by molar-refractivity contribution is 5.93. The Morgan fingerprint density at radius 2 is 2.00 bits per heavy atom. The van der Waals surface area contributed by atoms with Crippen molar-refractivity contribution in [2.75, 3.05) is 11.1 Å². The number of carbonyl (C=O) groups excluding carboxylic acids is 1. The minimum absolute atomic E-state index is 0.0479. The monoisotopic (exact) mass is 285 g/mol. The Hall–Kier alpha value is -2.56. The number of hydrogen-bond donors (Lipinski definition) is 2. The molecule has 3 N–H and O–H groups in total. The normalized spacial score (nSPS) is 10.3. The minimum atomic E-state index is -0.103. The molecule has 0 spiro atoms. The summed E-state index contributed by atoms with van der Waals surface area (Å²) in [4.78, 5) is 23.5. The van der Waals surface area contributed by atoms with Crippen LogP contribution < -0.4 is 16.6 Å². The number of nitrogens with zero attached hydrogens (tertiary/aromatic N) is 1. The van der Waals surface area contributed by atoms with Crippen molar-refractivity contribution in [3.63, 3.8) is 0 Å². The zero-order valence-electron chi connectivity index (χ0n) is 12.0. The number of anilines is 2. The molecule has 1 aromatic heterocycles. The number of aryl methyl sites for hydroxylation is 2. The SMILES string of the molecule is Cc1ccc(=O)n(CCCC(=O)Nc2ccccc2N)c1. The van der Waals surface area contributed by atoms with Crippen molar-refractivity contribution < 1.29 is 4.79 Å². The van der Waals surface area contributed by atoms with Gasteiger partial charge in [-0.25, -0.2) is 0 Å². The largest absolute Gasteiger partial charge is 0.397 e. The summed E-state index contributed by atoms with van der Waals surface area (Å²) in [6, 6.07) is 10.5. The molecule has 0 radical (unpaired) electrons. The zero-order chi connectivity index (χ0) is 15.2. The second kappa shape index (κ2) is 6.74. The smallest absolute Gasteiger partial charge is 0.250 e. The van der Waals surface area contributed by atoms with Gasteiger partial charge in [-0.05, 0) is 31.0 Å². The highest BCUT2D eigenvalue weighted by Gasteiger charge is 2.05. The van der Waals surface area contributed by atoms with Crippen molar-refractivity contribution in [1.29, 1.82) is 0 Å². The number of nitrogens with two attached hydrogens (primary N) is 1. The summed E-state index contributed by atoms with van der Waals surface area (Å²) in [7, 11) is 0. The van der Waals surface area contributed by atoms with Crippen LogP contribution in [0.25, 0.3) is 0 Å². The Bertz CT molecular complexity index is 692. The molecule has 0 aliphatic rings. The first-order valence-electron chi connectivity index (χ1n) is 6.88. The van der Waals surface area contributed by atoms with Crippen molar-refractivity contribution in [3.8, 4) is 0 Å². The van der Waals surface area contributed by atoms with Crippen LogP contribution in [0.3, 0.4) is 0 Å². The van der Waals surface area contributed by atoms with Crippen LogP contribution in [0.5, 0.6) is 0 Å². The molecule has 1 aromatic carbocycles. The van der Waals surface area contributed by atoms with Crippen LogP contribution in [0.2, 0.25) is 0 Å². The molecule has 0 atom stereocenters. The molecule has 0 bridgehead atoms. The Labute approximate surface area is 123 Å². The topological polar surface area (TPSA) is 77.1 Å². The number of para-hydroxylation sites is 2. The van der Waals surface area contributed by atoms with Crippen LogP contribution in [0.1, 0.15) is 18.4 Å². The summed E-state index contributed by atoms with van der Waals surface area (Å²) in [5.41, 5.74) is 7.90. The number of pyridine rings is 1. The summed E-state index contributed by atoms with van der Waals surface area (Å²) in [6.45, 7) is 2.46. The molecule has 0 saturated carbocycles. The zero-order valence-corrected chi connectivity index (χ0v) is 12.0. The van der Waals surface area contributed by atoms with E-state index in [0.717, 1.165) is 5.56 Å². The van der Waals surface area contributed by atoms with Crippen molar-refractivity contribution in [1.82, 2.24) is 4.57 Å². The summed E-state index contributed by atoms with van der Waals surface area (Å²) in [5, 5.41) is 2.77. The van der Waals surface area contributed by atoms with Crippen LogP contribution in [0.4, 0.5) is 11.4 Å². The molecule has 0 unspecified atom stereocenters. The average Bonchev–Trinajstić information content (AvgIpc) is 2.45. The third kappa shape index (κ3) is 4.21. The van der Waals surface area contributed by atoms with Gasteiger partial charge in [0.25, 0.3) is 5.56 Å². The highest BCUT2D eigenvalue weighted by Crippen LogP contribution is 2.16.